The summed E-state index contributed by atoms with van der Waals surface area (Å²) in [6.07, 6.45) is 5.16. The van der Waals surface area contributed by atoms with Crippen LogP contribution in [0.15, 0.2) is 30.3 Å². The Morgan fingerprint density at radius 2 is 2.00 bits per heavy atom. The van der Waals surface area contributed by atoms with Crippen LogP contribution in [0.3, 0.4) is 0 Å². The first-order valence-corrected chi connectivity index (χ1v) is 5.68. The van der Waals surface area contributed by atoms with Crippen LogP contribution in [0.25, 0.3) is 0 Å². The lowest BCUT2D eigenvalue weighted by atomic mass is 10.1. The molecule has 0 unspecified atom stereocenters. The molecule has 3 nitrogen and oxygen atoms in total. The lowest BCUT2D eigenvalue weighted by molar-refractivity contribution is -0.192. The van der Waals surface area contributed by atoms with Crippen molar-refractivity contribution < 1.29 is 14.2 Å². The van der Waals surface area contributed by atoms with Crippen LogP contribution in [0.4, 0.5) is 0 Å². The van der Waals surface area contributed by atoms with Gasteiger partial charge in [-0.25, -0.2) is 0 Å². The highest BCUT2D eigenvalue weighted by molar-refractivity contribution is 5.14. The fourth-order valence-electron chi connectivity index (χ4n) is 1.77. The summed E-state index contributed by atoms with van der Waals surface area (Å²) in [4.78, 5) is 0. The Bertz CT molecular complexity index is 388. The molecule has 0 amide bonds. The molecule has 0 aromatic heterocycles. The van der Waals surface area contributed by atoms with E-state index in [2.05, 4.69) is 5.92 Å². The van der Waals surface area contributed by atoms with Crippen molar-refractivity contribution >= 4 is 0 Å². The molecule has 1 atom stereocenters. The molecule has 90 valence electrons. The van der Waals surface area contributed by atoms with Crippen molar-refractivity contribution in [1.82, 2.24) is 0 Å². The van der Waals surface area contributed by atoms with Crippen LogP contribution in [0.5, 0.6) is 0 Å². The molecule has 1 aromatic carbocycles. The van der Waals surface area contributed by atoms with Gasteiger partial charge >= 0.3 is 0 Å². The number of hydrogen-bond acceptors (Lipinski definition) is 3. The Hall–Kier alpha value is -1.34. The molecule has 0 bridgehead atoms. The van der Waals surface area contributed by atoms with Gasteiger partial charge in [-0.2, -0.15) is 0 Å². The van der Waals surface area contributed by atoms with E-state index in [9.17, 15) is 0 Å². The summed E-state index contributed by atoms with van der Waals surface area (Å²) in [6, 6.07) is 9.93. The van der Waals surface area contributed by atoms with Gasteiger partial charge in [0.05, 0.1) is 19.8 Å². The SMILES string of the molecule is C#CC1([C@@H](C)OCc2ccccc2)OCCO1. The third kappa shape index (κ3) is 2.67. The molecule has 2 rings (SSSR count). The summed E-state index contributed by atoms with van der Waals surface area (Å²) in [7, 11) is 0. The highest BCUT2D eigenvalue weighted by Crippen LogP contribution is 2.25. The van der Waals surface area contributed by atoms with Crippen LogP contribution in [0, 0.1) is 12.3 Å². The van der Waals surface area contributed by atoms with E-state index < -0.39 is 5.79 Å². The van der Waals surface area contributed by atoms with Gasteiger partial charge < -0.3 is 14.2 Å². The summed E-state index contributed by atoms with van der Waals surface area (Å²) < 4.78 is 16.6. The lowest BCUT2D eigenvalue weighted by Crippen LogP contribution is -2.41. The van der Waals surface area contributed by atoms with Gasteiger partial charge in [-0.15, -0.1) is 6.42 Å². The average Bonchev–Trinajstić information content (AvgIpc) is 2.87. The largest absolute Gasteiger partial charge is 0.367 e. The number of rotatable bonds is 4. The third-order valence-corrected chi connectivity index (χ3v) is 2.80. The van der Waals surface area contributed by atoms with E-state index in [0.717, 1.165) is 5.56 Å². The highest BCUT2D eigenvalue weighted by Gasteiger charge is 2.41. The van der Waals surface area contributed by atoms with Gasteiger partial charge in [0.1, 0.15) is 6.10 Å². The molecule has 1 aliphatic heterocycles. The number of ether oxygens (including phenoxy) is 3. The van der Waals surface area contributed by atoms with E-state index >= 15 is 0 Å². The molecule has 1 fully saturated rings. The van der Waals surface area contributed by atoms with Gasteiger partial charge in [-0.05, 0) is 18.4 Å². The van der Waals surface area contributed by atoms with Crippen molar-refractivity contribution in [3.05, 3.63) is 35.9 Å². The minimum absolute atomic E-state index is 0.296. The van der Waals surface area contributed by atoms with E-state index in [1.165, 1.54) is 0 Å². The molecule has 0 saturated carbocycles. The van der Waals surface area contributed by atoms with Gasteiger partial charge in [0.25, 0.3) is 5.79 Å². The summed E-state index contributed by atoms with van der Waals surface area (Å²) in [5, 5.41) is 0. The van der Waals surface area contributed by atoms with Crippen molar-refractivity contribution in [2.75, 3.05) is 13.2 Å². The van der Waals surface area contributed by atoms with Crippen LogP contribution < -0.4 is 0 Å². The van der Waals surface area contributed by atoms with Crippen molar-refractivity contribution in [3.8, 4) is 12.3 Å². The van der Waals surface area contributed by atoms with Gasteiger partial charge in [0.15, 0.2) is 0 Å². The van der Waals surface area contributed by atoms with Gasteiger partial charge in [-0.1, -0.05) is 30.3 Å². The van der Waals surface area contributed by atoms with Crippen molar-refractivity contribution in [1.29, 1.82) is 0 Å². The number of hydrogen-bond donors (Lipinski definition) is 0. The van der Waals surface area contributed by atoms with Gasteiger partial charge in [0, 0.05) is 0 Å². The molecule has 0 radical (unpaired) electrons. The second-order valence-corrected chi connectivity index (χ2v) is 3.95. The molecular formula is C14H16O3. The standard InChI is InChI=1S/C14H16O3/c1-3-14(16-9-10-17-14)12(2)15-11-13-7-5-4-6-8-13/h1,4-8,12H,9-11H2,2H3/t12-/m1/s1. The fraction of sp³-hybridized carbons (Fsp3) is 0.429. The number of terminal acetylenes is 1. The number of benzene rings is 1. The summed E-state index contributed by atoms with van der Waals surface area (Å²) in [5.41, 5.74) is 1.10. The molecular weight excluding hydrogens is 216 g/mol. The van der Waals surface area contributed by atoms with Crippen LogP contribution in [0.1, 0.15) is 12.5 Å². The second kappa shape index (κ2) is 5.33. The molecule has 1 aliphatic rings. The Kier molecular flexibility index (Phi) is 3.80. The van der Waals surface area contributed by atoms with E-state index in [-0.39, 0.29) is 6.10 Å². The zero-order valence-corrected chi connectivity index (χ0v) is 9.89. The molecule has 1 heterocycles. The first-order valence-electron chi connectivity index (χ1n) is 5.68. The molecule has 17 heavy (non-hydrogen) atoms. The van der Waals surface area contributed by atoms with Crippen LogP contribution in [-0.2, 0) is 20.8 Å². The van der Waals surface area contributed by atoms with E-state index in [1.54, 1.807) is 0 Å². The zero-order chi connectivity index (χ0) is 12.1. The molecule has 0 N–H and O–H groups in total. The molecule has 0 spiro atoms. The fourth-order valence-corrected chi connectivity index (χ4v) is 1.77. The highest BCUT2D eigenvalue weighted by atomic mass is 16.8. The monoisotopic (exact) mass is 232 g/mol. The quantitative estimate of drug-likeness (QED) is 0.743. The minimum atomic E-state index is -1.02. The van der Waals surface area contributed by atoms with E-state index in [4.69, 9.17) is 20.6 Å². The summed E-state index contributed by atoms with van der Waals surface area (Å²) in [6.45, 7) is 3.40. The maximum atomic E-state index is 5.71. The van der Waals surface area contributed by atoms with Gasteiger partial charge in [0.2, 0.25) is 0 Å². The Morgan fingerprint density at radius 3 is 2.59 bits per heavy atom. The van der Waals surface area contributed by atoms with E-state index in [1.807, 2.05) is 37.3 Å². The summed E-state index contributed by atoms with van der Waals surface area (Å²) >= 11 is 0. The first-order chi connectivity index (χ1) is 8.27. The van der Waals surface area contributed by atoms with Crippen LogP contribution in [-0.4, -0.2) is 25.1 Å². The Morgan fingerprint density at radius 1 is 1.35 bits per heavy atom. The van der Waals surface area contributed by atoms with Crippen molar-refractivity contribution in [2.45, 2.75) is 25.4 Å². The molecule has 1 aromatic rings. The van der Waals surface area contributed by atoms with E-state index in [0.29, 0.717) is 19.8 Å². The normalized spacial score (nSPS) is 19.8. The third-order valence-electron chi connectivity index (χ3n) is 2.80. The smallest absolute Gasteiger partial charge is 0.260 e. The topological polar surface area (TPSA) is 27.7 Å². The first kappa shape index (κ1) is 12.1. The van der Waals surface area contributed by atoms with Crippen molar-refractivity contribution in [2.24, 2.45) is 0 Å². The predicted octanol–water partition coefficient (Wildman–Crippen LogP) is 1.97. The molecule has 1 saturated heterocycles. The van der Waals surface area contributed by atoms with Gasteiger partial charge in [-0.3, -0.25) is 0 Å². The van der Waals surface area contributed by atoms with Crippen molar-refractivity contribution in [3.63, 3.8) is 0 Å². The molecule has 0 aliphatic carbocycles. The van der Waals surface area contributed by atoms with Crippen LogP contribution in [0.2, 0.25) is 0 Å². The predicted molar refractivity (Wildman–Crippen MR) is 64.2 cm³/mol. The lowest BCUT2D eigenvalue weighted by Gasteiger charge is -2.27. The van der Waals surface area contributed by atoms with Crippen LogP contribution >= 0.6 is 0 Å². The minimum Gasteiger partial charge on any atom is -0.367 e. The Balaban J connectivity index is 1.93. The summed E-state index contributed by atoms with van der Waals surface area (Å²) in [5.74, 6) is 1.52. The Labute approximate surface area is 102 Å². The zero-order valence-electron chi connectivity index (χ0n) is 9.89. The maximum absolute atomic E-state index is 5.71. The second-order valence-electron chi connectivity index (χ2n) is 3.95. The maximum Gasteiger partial charge on any atom is 0.260 e. The average molecular weight is 232 g/mol. The molecule has 3 heteroatoms.